The monoisotopic (exact) mass is 334 g/mol. The van der Waals surface area contributed by atoms with Gasteiger partial charge in [0.2, 0.25) is 5.91 Å². The first-order chi connectivity index (χ1) is 11.3. The van der Waals surface area contributed by atoms with Gasteiger partial charge in [0.05, 0.1) is 17.7 Å². The number of H-pyrrole nitrogens is 1. The Bertz CT molecular complexity index is 837. The first kappa shape index (κ1) is 17.3. The van der Waals surface area contributed by atoms with Crippen molar-refractivity contribution in [3.8, 4) is 5.75 Å². The first-order valence-corrected chi connectivity index (χ1v) is 7.21. The summed E-state index contributed by atoms with van der Waals surface area (Å²) < 4.78 is 6.56. The van der Waals surface area contributed by atoms with E-state index in [0.717, 1.165) is 11.4 Å². The SMILES string of the molecule is COc1ccc([N+](=O)[O-])cc1NC(=O)CCn1c(C)c(C)[nH]c1=O. The zero-order valence-corrected chi connectivity index (χ0v) is 13.6. The summed E-state index contributed by atoms with van der Waals surface area (Å²) in [6.45, 7) is 3.77. The second kappa shape index (κ2) is 6.99. The van der Waals surface area contributed by atoms with E-state index < -0.39 is 4.92 Å². The molecule has 0 unspecified atom stereocenters. The zero-order chi connectivity index (χ0) is 17.9. The number of non-ortho nitro benzene ring substituents is 1. The number of aromatic amines is 1. The normalized spacial score (nSPS) is 10.5. The minimum absolute atomic E-state index is 0.0455. The van der Waals surface area contributed by atoms with Gasteiger partial charge < -0.3 is 15.0 Å². The summed E-state index contributed by atoms with van der Waals surface area (Å²) in [5, 5.41) is 13.4. The molecule has 0 aliphatic heterocycles. The van der Waals surface area contributed by atoms with Crippen molar-refractivity contribution in [3.63, 3.8) is 0 Å². The number of aromatic nitrogens is 2. The van der Waals surface area contributed by atoms with E-state index in [0.29, 0.717) is 5.75 Å². The van der Waals surface area contributed by atoms with Crippen LogP contribution in [0.3, 0.4) is 0 Å². The third-order valence-corrected chi connectivity index (χ3v) is 3.72. The van der Waals surface area contributed by atoms with Gasteiger partial charge in [0.1, 0.15) is 5.75 Å². The molecule has 0 spiro atoms. The fourth-order valence-electron chi connectivity index (χ4n) is 2.28. The molecular weight excluding hydrogens is 316 g/mol. The molecule has 2 N–H and O–H groups in total. The Morgan fingerprint density at radius 1 is 1.42 bits per heavy atom. The predicted octanol–water partition coefficient (Wildman–Crippen LogP) is 1.74. The van der Waals surface area contributed by atoms with Crippen molar-refractivity contribution in [1.29, 1.82) is 0 Å². The Morgan fingerprint density at radius 2 is 2.12 bits per heavy atom. The molecule has 1 aromatic carbocycles. The second-order valence-electron chi connectivity index (χ2n) is 5.23. The zero-order valence-electron chi connectivity index (χ0n) is 13.6. The molecule has 0 bridgehead atoms. The first-order valence-electron chi connectivity index (χ1n) is 7.21. The standard InChI is InChI=1S/C15H18N4O5/c1-9-10(2)18(15(21)16-9)7-6-14(20)17-12-8-11(19(22)23)4-5-13(12)24-3/h4-5,8H,6-7H2,1-3H3,(H,16,21)(H,17,20). The maximum Gasteiger partial charge on any atom is 0.325 e. The summed E-state index contributed by atoms with van der Waals surface area (Å²) in [4.78, 5) is 36.8. The Labute approximate surface area is 137 Å². The molecule has 2 aromatic rings. The molecule has 128 valence electrons. The average Bonchev–Trinajstić information content (AvgIpc) is 2.78. The van der Waals surface area contributed by atoms with Gasteiger partial charge in [0, 0.05) is 36.5 Å². The number of imidazole rings is 1. The summed E-state index contributed by atoms with van der Waals surface area (Å²) in [6.07, 6.45) is 0.0455. The lowest BCUT2D eigenvalue weighted by Crippen LogP contribution is -2.22. The van der Waals surface area contributed by atoms with Crippen LogP contribution in [0, 0.1) is 24.0 Å². The van der Waals surface area contributed by atoms with Crippen LogP contribution in [0.1, 0.15) is 17.8 Å². The molecule has 0 saturated heterocycles. The van der Waals surface area contributed by atoms with E-state index in [2.05, 4.69) is 10.3 Å². The Balaban J connectivity index is 2.10. The molecule has 0 saturated carbocycles. The van der Waals surface area contributed by atoms with Crippen LogP contribution in [0.2, 0.25) is 0 Å². The highest BCUT2D eigenvalue weighted by atomic mass is 16.6. The molecule has 9 nitrogen and oxygen atoms in total. The van der Waals surface area contributed by atoms with Crippen LogP contribution in [0.15, 0.2) is 23.0 Å². The fraction of sp³-hybridized carbons (Fsp3) is 0.333. The molecule has 24 heavy (non-hydrogen) atoms. The molecule has 0 aliphatic carbocycles. The highest BCUT2D eigenvalue weighted by Crippen LogP contribution is 2.28. The predicted molar refractivity (Wildman–Crippen MR) is 87.4 cm³/mol. The number of anilines is 1. The van der Waals surface area contributed by atoms with Crippen molar-refractivity contribution in [1.82, 2.24) is 9.55 Å². The topological polar surface area (TPSA) is 119 Å². The van der Waals surface area contributed by atoms with E-state index in [-0.39, 0.29) is 35.9 Å². The Hall–Kier alpha value is -3.10. The highest BCUT2D eigenvalue weighted by Gasteiger charge is 2.14. The van der Waals surface area contributed by atoms with Crippen LogP contribution in [0.5, 0.6) is 5.75 Å². The number of aryl methyl sites for hydroxylation is 1. The third-order valence-electron chi connectivity index (χ3n) is 3.72. The molecule has 0 aliphatic rings. The summed E-state index contributed by atoms with van der Waals surface area (Å²) in [5.41, 5.74) is 1.30. The van der Waals surface area contributed by atoms with Crippen molar-refractivity contribution in [2.24, 2.45) is 0 Å². The number of methoxy groups -OCH3 is 1. The second-order valence-corrected chi connectivity index (χ2v) is 5.23. The van der Waals surface area contributed by atoms with E-state index in [1.54, 1.807) is 13.8 Å². The minimum Gasteiger partial charge on any atom is -0.495 e. The van der Waals surface area contributed by atoms with Gasteiger partial charge in [0.15, 0.2) is 0 Å². The van der Waals surface area contributed by atoms with Gasteiger partial charge in [-0.05, 0) is 19.9 Å². The number of hydrogen-bond donors (Lipinski definition) is 2. The van der Waals surface area contributed by atoms with E-state index >= 15 is 0 Å². The Kier molecular flexibility index (Phi) is 5.02. The van der Waals surface area contributed by atoms with Crippen LogP contribution in [-0.2, 0) is 11.3 Å². The maximum absolute atomic E-state index is 12.1. The number of nitro groups is 1. The van der Waals surface area contributed by atoms with Gasteiger partial charge in [-0.25, -0.2) is 4.79 Å². The number of amides is 1. The fourth-order valence-corrected chi connectivity index (χ4v) is 2.28. The Morgan fingerprint density at radius 3 is 2.67 bits per heavy atom. The van der Waals surface area contributed by atoms with Crippen molar-refractivity contribution < 1.29 is 14.5 Å². The lowest BCUT2D eigenvalue weighted by atomic mass is 10.2. The number of hydrogen-bond acceptors (Lipinski definition) is 5. The van der Waals surface area contributed by atoms with Crippen LogP contribution in [-0.4, -0.2) is 27.5 Å². The van der Waals surface area contributed by atoms with Crippen LogP contribution in [0.4, 0.5) is 11.4 Å². The molecule has 9 heteroatoms. The molecular formula is C15H18N4O5. The quantitative estimate of drug-likeness (QED) is 0.616. The molecule has 1 heterocycles. The van der Waals surface area contributed by atoms with Crippen molar-refractivity contribution >= 4 is 17.3 Å². The van der Waals surface area contributed by atoms with Crippen LogP contribution in [0.25, 0.3) is 0 Å². The third kappa shape index (κ3) is 3.62. The van der Waals surface area contributed by atoms with Gasteiger partial charge in [0.25, 0.3) is 5.69 Å². The van der Waals surface area contributed by atoms with Gasteiger partial charge in [-0.3, -0.25) is 19.5 Å². The van der Waals surface area contributed by atoms with E-state index in [4.69, 9.17) is 4.74 Å². The molecule has 1 aromatic heterocycles. The van der Waals surface area contributed by atoms with Crippen LogP contribution < -0.4 is 15.7 Å². The molecule has 1 amide bonds. The van der Waals surface area contributed by atoms with Gasteiger partial charge in [-0.2, -0.15) is 0 Å². The molecule has 0 atom stereocenters. The number of nitrogens with zero attached hydrogens (tertiary/aromatic N) is 2. The molecule has 2 rings (SSSR count). The maximum atomic E-state index is 12.1. The summed E-state index contributed by atoms with van der Waals surface area (Å²) in [7, 11) is 1.41. The number of benzene rings is 1. The summed E-state index contributed by atoms with van der Waals surface area (Å²) in [5.74, 6) is -0.0567. The smallest absolute Gasteiger partial charge is 0.325 e. The highest BCUT2D eigenvalue weighted by molar-refractivity contribution is 5.92. The molecule has 0 radical (unpaired) electrons. The van der Waals surface area contributed by atoms with E-state index in [1.807, 2.05) is 0 Å². The number of nitro benzene ring substituents is 1. The lowest BCUT2D eigenvalue weighted by molar-refractivity contribution is -0.384. The van der Waals surface area contributed by atoms with E-state index in [1.165, 1.54) is 29.9 Å². The summed E-state index contributed by atoms with van der Waals surface area (Å²) >= 11 is 0. The molecule has 0 fully saturated rings. The largest absolute Gasteiger partial charge is 0.495 e. The van der Waals surface area contributed by atoms with Gasteiger partial charge in [-0.1, -0.05) is 0 Å². The number of rotatable bonds is 6. The number of carbonyl (C=O) groups excluding carboxylic acids is 1. The van der Waals surface area contributed by atoms with Crippen molar-refractivity contribution in [3.05, 3.63) is 50.2 Å². The average molecular weight is 334 g/mol. The van der Waals surface area contributed by atoms with E-state index in [9.17, 15) is 19.7 Å². The van der Waals surface area contributed by atoms with Gasteiger partial charge in [-0.15, -0.1) is 0 Å². The number of nitrogens with one attached hydrogen (secondary N) is 2. The lowest BCUT2D eigenvalue weighted by Gasteiger charge is -2.10. The van der Waals surface area contributed by atoms with Crippen molar-refractivity contribution in [2.75, 3.05) is 12.4 Å². The number of ether oxygens (including phenoxy) is 1. The minimum atomic E-state index is -0.555. The number of carbonyl (C=O) groups is 1. The van der Waals surface area contributed by atoms with Crippen molar-refractivity contribution in [2.45, 2.75) is 26.8 Å². The van der Waals surface area contributed by atoms with Crippen LogP contribution >= 0.6 is 0 Å². The summed E-state index contributed by atoms with van der Waals surface area (Å²) in [6, 6.07) is 3.94. The van der Waals surface area contributed by atoms with Gasteiger partial charge >= 0.3 is 5.69 Å².